The van der Waals surface area contributed by atoms with Crippen molar-refractivity contribution in [1.29, 1.82) is 0 Å². The number of imidazole rings is 1. The van der Waals surface area contributed by atoms with Gasteiger partial charge >= 0.3 is 5.69 Å². The van der Waals surface area contributed by atoms with E-state index in [9.17, 15) is 14.0 Å². The number of aromatic nitrogens is 4. The standard InChI is InChI=1S/C22H25FN4O4/c1-3-26-20-19(21(28)27(4-2)22(26)29)24-18(25-20)8-6-14-5-7-17(16(23)13-14)31-15-9-11-30-12-10-15/h5-8,13,15H,3-4,9-12H2,1-2H3,(H,24,25)/b8-6+. The summed E-state index contributed by atoms with van der Waals surface area (Å²) in [4.78, 5) is 32.4. The van der Waals surface area contributed by atoms with Crippen LogP contribution in [0, 0.1) is 5.82 Å². The first kappa shape index (κ1) is 21.0. The van der Waals surface area contributed by atoms with Gasteiger partial charge in [0.05, 0.1) is 13.2 Å². The minimum absolute atomic E-state index is 0.0384. The van der Waals surface area contributed by atoms with Crippen molar-refractivity contribution in [3.8, 4) is 5.75 Å². The molecule has 8 nitrogen and oxygen atoms in total. The molecule has 1 aromatic carbocycles. The second-order valence-electron chi connectivity index (χ2n) is 7.35. The smallest absolute Gasteiger partial charge is 0.332 e. The maximum atomic E-state index is 14.5. The van der Waals surface area contributed by atoms with Gasteiger partial charge in [0, 0.05) is 25.9 Å². The van der Waals surface area contributed by atoms with Gasteiger partial charge in [0.25, 0.3) is 5.56 Å². The van der Waals surface area contributed by atoms with Crippen molar-refractivity contribution in [2.45, 2.75) is 45.9 Å². The second-order valence-corrected chi connectivity index (χ2v) is 7.35. The van der Waals surface area contributed by atoms with Crippen molar-refractivity contribution >= 4 is 23.3 Å². The van der Waals surface area contributed by atoms with E-state index in [0.717, 1.165) is 12.8 Å². The SMILES string of the molecule is CCn1c(=O)c2[nH]c(/C=C/c3ccc(OC4CCOCC4)c(F)c3)nc2n(CC)c1=O. The van der Waals surface area contributed by atoms with E-state index < -0.39 is 11.4 Å². The molecule has 3 heterocycles. The van der Waals surface area contributed by atoms with Crippen molar-refractivity contribution < 1.29 is 13.9 Å². The predicted molar refractivity (Wildman–Crippen MR) is 116 cm³/mol. The molecule has 0 aliphatic carbocycles. The number of nitrogens with one attached hydrogen (secondary N) is 1. The van der Waals surface area contributed by atoms with E-state index in [1.54, 1.807) is 31.2 Å². The molecule has 164 valence electrons. The summed E-state index contributed by atoms with van der Waals surface area (Å²) in [7, 11) is 0. The Morgan fingerprint density at radius 1 is 1.19 bits per heavy atom. The van der Waals surface area contributed by atoms with Gasteiger partial charge in [-0.3, -0.25) is 13.9 Å². The largest absolute Gasteiger partial charge is 0.487 e. The highest BCUT2D eigenvalue weighted by Gasteiger charge is 2.17. The van der Waals surface area contributed by atoms with Gasteiger partial charge in [-0.2, -0.15) is 0 Å². The van der Waals surface area contributed by atoms with Crippen LogP contribution in [0.5, 0.6) is 5.75 Å². The number of hydrogen-bond donors (Lipinski definition) is 1. The van der Waals surface area contributed by atoms with E-state index in [4.69, 9.17) is 9.47 Å². The van der Waals surface area contributed by atoms with Crippen molar-refractivity contribution in [2.24, 2.45) is 0 Å². The minimum Gasteiger partial charge on any atom is -0.487 e. The lowest BCUT2D eigenvalue weighted by molar-refractivity contribution is 0.0240. The average Bonchev–Trinajstić information content (AvgIpc) is 3.20. The zero-order valence-corrected chi connectivity index (χ0v) is 17.6. The summed E-state index contributed by atoms with van der Waals surface area (Å²) in [6.45, 7) is 5.49. The number of halogens is 1. The number of fused-ring (bicyclic) bond motifs is 1. The molecule has 0 bridgehead atoms. The molecule has 0 radical (unpaired) electrons. The maximum absolute atomic E-state index is 14.5. The zero-order valence-electron chi connectivity index (χ0n) is 17.6. The van der Waals surface area contributed by atoms with Crippen molar-refractivity contribution in [3.63, 3.8) is 0 Å². The van der Waals surface area contributed by atoms with Crippen LogP contribution in [0.2, 0.25) is 0 Å². The second kappa shape index (κ2) is 8.89. The fourth-order valence-electron chi connectivity index (χ4n) is 3.69. The van der Waals surface area contributed by atoms with E-state index in [1.165, 1.54) is 15.2 Å². The molecule has 4 rings (SSSR count). The maximum Gasteiger partial charge on any atom is 0.332 e. The summed E-state index contributed by atoms with van der Waals surface area (Å²) in [5, 5.41) is 0. The number of ether oxygens (including phenoxy) is 2. The quantitative estimate of drug-likeness (QED) is 0.652. The molecule has 0 amide bonds. The van der Waals surface area contributed by atoms with Crippen LogP contribution in [-0.4, -0.2) is 38.4 Å². The van der Waals surface area contributed by atoms with Crippen LogP contribution in [0.3, 0.4) is 0 Å². The average molecular weight is 428 g/mol. The predicted octanol–water partition coefficient (Wildman–Crippen LogP) is 2.79. The van der Waals surface area contributed by atoms with E-state index in [1.807, 2.05) is 6.92 Å². The number of aryl methyl sites for hydroxylation is 1. The summed E-state index contributed by atoms with van der Waals surface area (Å²) >= 11 is 0. The Kier molecular flexibility index (Phi) is 6.03. The van der Waals surface area contributed by atoms with Gasteiger partial charge in [-0.15, -0.1) is 0 Å². The Morgan fingerprint density at radius 3 is 2.61 bits per heavy atom. The third-order valence-electron chi connectivity index (χ3n) is 5.36. The molecule has 0 atom stereocenters. The summed E-state index contributed by atoms with van der Waals surface area (Å²) < 4.78 is 28.1. The Hall–Kier alpha value is -3.20. The molecule has 1 saturated heterocycles. The molecule has 0 spiro atoms. The van der Waals surface area contributed by atoms with Gasteiger partial charge in [-0.05, 0) is 37.6 Å². The molecule has 1 fully saturated rings. The number of aromatic amines is 1. The van der Waals surface area contributed by atoms with Crippen molar-refractivity contribution in [2.75, 3.05) is 13.2 Å². The van der Waals surface area contributed by atoms with Gasteiger partial charge in [0.15, 0.2) is 17.2 Å². The zero-order chi connectivity index (χ0) is 22.0. The van der Waals surface area contributed by atoms with E-state index >= 15 is 0 Å². The van der Waals surface area contributed by atoms with Gasteiger partial charge in [0.1, 0.15) is 17.4 Å². The summed E-state index contributed by atoms with van der Waals surface area (Å²) in [5.74, 6) is 0.189. The van der Waals surface area contributed by atoms with Crippen LogP contribution < -0.4 is 16.0 Å². The van der Waals surface area contributed by atoms with Gasteiger partial charge in [-0.1, -0.05) is 12.1 Å². The fourth-order valence-corrected chi connectivity index (χ4v) is 3.69. The van der Waals surface area contributed by atoms with Crippen molar-refractivity contribution in [1.82, 2.24) is 19.1 Å². The summed E-state index contributed by atoms with van der Waals surface area (Å²) in [5.41, 5.74) is 0.422. The Balaban J connectivity index is 1.59. The highest BCUT2D eigenvalue weighted by atomic mass is 19.1. The molecule has 3 aromatic rings. The molecule has 0 unspecified atom stereocenters. The van der Waals surface area contributed by atoms with Crippen LogP contribution in [0.15, 0.2) is 27.8 Å². The minimum atomic E-state index is -0.441. The molecule has 31 heavy (non-hydrogen) atoms. The lowest BCUT2D eigenvalue weighted by Crippen LogP contribution is -2.39. The van der Waals surface area contributed by atoms with E-state index in [0.29, 0.717) is 36.8 Å². The highest BCUT2D eigenvalue weighted by Crippen LogP contribution is 2.23. The van der Waals surface area contributed by atoms with Crippen LogP contribution in [-0.2, 0) is 17.8 Å². The highest BCUT2D eigenvalue weighted by molar-refractivity contribution is 5.75. The first-order chi connectivity index (χ1) is 15.0. The fraction of sp³-hybridized carbons (Fsp3) is 0.409. The summed E-state index contributed by atoms with van der Waals surface area (Å²) in [6.07, 6.45) is 4.79. The number of nitrogens with zero attached hydrogens (tertiary/aromatic N) is 3. The lowest BCUT2D eigenvalue weighted by atomic mass is 10.1. The van der Waals surface area contributed by atoms with Crippen LogP contribution in [0.1, 0.15) is 38.1 Å². The first-order valence-corrected chi connectivity index (χ1v) is 10.5. The topological polar surface area (TPSA) is 91.1 Å². The summed E-state index contributed by atoms with van der Waals surface area (Å²) in [6, 6.07) is 4.75. The number of H-pyrrole nitrogens is 1. The molecule has 0 saturated carbocycles. The Labute approximate surface area is 177 Å². The van der Waals surface area contributed by atoms with Crippen LogP contribution in [0.4, 0.5) is 4.39 Å². The molecule has 2 aromatic heterocycles. The van der Waals surface area contributed by atoms with Crippen LogP contribution in [0.25, 0.3) is 23.3 Å². The van der Waals surface area contributed by atoms with Gasteiger partial charge < -0.3 is 14.5 Å². The third kappa shape index (κ3) is 4.18. The monoisotopic (exact) mass is 428 g/mol. The van der Waals surface area contributed by atoms with Gasteiger partial charge in [-0.25, -0.2) is 14.2 Å². The number of benzene rings is 1. The van der Waals surface area contributed by atoms with E-state index in [-0.39, 0.29) is 29.6 Å². The van der Waals surface area contributed by atoms with Crippen LogP contribution >= 0.6 is 0 Å². The molecule has 1 aliphatic heterocycles. The Bertz CT molecular complexity index is 1230. The number of hydrogen-bond acceptors (Lipinski definition) is 5. The molecule has 1 N–H and O–H groups in total. The lowest BCUT2D eigenvalue weighted by Gasteiger charge is -2.23. The van der Waals surface area contributed by atoms with Crippen molar-refractivity contribution in [3.05, 3.63) is 56.2 Å². The molecular weight excluding hydrogens is 403 g/mol. The van der Waals surface area contributed by atoms with Gasteiger partial charge in [0.2, 0.25) is 0 Å². The normalized spacial score (nSPS) is 15.2. The third-order valence-corrected chi connectivity index (χ3v) is 5.36. The molecular formula is C22H25FN4O4. The van der Waals surface area contributed by atoms with E-state index in [2.05, 4.69) is 9.97 Å². The number of rotatable bonds is 6. The Morgan fingerprint density at radius 2 is 1.94 bits per heavy atom. The first-order valence-electron chi connectivity index (χ1n) is 10.5. The molecule has 9 heteroatoms. The molecule has 1 aliphatic rings.